The highest BCUT2D eigenvalue weighted by Crippen LogP contribution is 2.37. The Morgan fingerprint density at radius 1 is 0.941 bits per heavy atom. The molecule has 6 nitrogen and oxygen atoms in total. The van der Waals surface area contributed by atoms with Gasteiger partial charge < -0.3 is 15.0 Å². The molecule has 1 aliphatic carbocycles. The molecule has 2 N–H and O–H groups in total. The molecule has 1 fully saturated rings. The van der Waals surface area contributed by atoms with E-state index in [4.69, 9.17) is 11.6 Å². The Hall–Kier alpha value is -3.36. The van der Waals surface area contributed by atoms with Crippen LogP contribution in [0.15, 0.2) is 60.9 Å². The third-order valence-electron chi connectivity index (χ3n) is 6.03. The Labute approximate surface area is 200 Å². The van der Waals surface area contributed by atoms with E-state index in [-0.39, 0.29) is 23.0 Å². The average Bonchev–Trinajstić information content (AvgIpc) is 3.27. The highest BCUT2D eigenvalue weighted by atomic mass is 35.5. The predicted octanol–water partition coefficient (Wildman–Crippen LogP) is 6.16. The van der Waals surface area contributed by atoms with E-state index >= 15 is 0 Å². The average molecular weight is 482 g/mol. The lowest BCUT2D eigenvalue weighted by Gasteiger charge is -2.29. The Bertz CT molecular complexity index is 1300. The molecule has 0 unspecified atom stereocenters. The Morgan fingerprint density at radius 3 is 2.41 bits per heavy atom. The first-order valence-corrected chi connectivity index (χ1v) is 11.4. The number of aromatic nitrogens is 4. The second-order valence-electron chi connectivity index (χ2n) is 8.32. The predicted molar refractivity (Wildman–Crippen MR) is 127 cm³/mol. The van der Waals surface area contributed by atoms with Crippen molar-refractivity contribution >= 4 is 23.2 Å². The summed E-state index contributed by atoms with van der Waals surface area (Å²) in [5, 5.41) is 13.3. The van der Waals surface area contributed by atoms with Crippen LogP contribution in [0.4, 0.5) is 20.4 Å². The van der Waals surface area contributed by atoms with Gasteiger partial charge in [0.15, 0.2) is 0 Å². The standard InChI is InChI=1S/C25H22ClF2N5O/c26-20-13-17(28)5-10-21(20)31-25-29-12-11-22(32-25)23-14-30-24(15-1-3-16(27)4-2-15)33(23)18-6-8-19(34)9-7-18/h1-5,10-14,18-19,34H,6-9H2,(H,29,31,32). The number of rotatable bonds is 5. The number of nitrogens with zero attached hydrogens (tertiary/aromatic N) is 4. The molecule has 0 saturated heterocycles. The van der Waals surface area contributed by atoms with E-state index in [9.17, 15) is 13.9 Å². The van der Waals surface area contributed by atoms with Gasteiger partial charge >= 0.3 is 0 Å². The van der Waals surface area contributed by atoms with E-state index in [1.165, 1.54) is 30.3 Å². The minimum atomic E-state index is -0.431. The van der Waals surface area contributed by atoms with E-state index in [0.717, 1.165) is 24.1 Å². The maximum absolute atomic E-state index is 13.5. The second-order valence-corrected chi connectivity index (χ2v) is 8.73. The maximum atomic E-state index is 13.5. The third-order valence-corrected chi connectivity index (χ3v) is 6.34. The summed E-state index contributed by atoms with van der Waals surface area (Å²) < 4.78 is 29.0. The van der Waals surface area contributed by atoms with E-state index in [1.54, 1.807) is 30.6 Å². The highest BCUT2D eigenvalue weighted by Gasteiger charge is 2.26. The minimum Gasteiger partial charge on any atom is -0.393 e. The van der Waals surface area contributed by atoms with Gasteiger partial charge in [0, 0.05) is 17.8 Å². The van der Waals surface area contributed by atoms with Gasteiger partial charge in [-0.2, -0.15) is 0 Å². The van der Waals surface area contributed by atoms with E-state index in [1.807, 2.05) is 0 Å². The summed E-state index contributed by atoms with van der Waals surface area (Å²) in [6.07, 6.45) is 6.06. The monoisotopic (exact) mass is 481 g/mol. The lowest BCUT2D eigenvalue weighted by Crippen LogP contribution is -2.22. The molecule has 0 atom stereocenters. The lowest BCUT2D eigenvalue weighted by molar-refractivity contribution is 0.111. The zero-order chi connectivity index (χ0) is 23.7. The fourth-order valence-corrected chi connectivity index (χ4v) is 4.54. The molecule has 0 aliphatic heterocycles. The second kappa shape index (κ2) is 9.48. The van der Waals surface area contributed by atoms with Gasteiger partial charge in [0.25, 0.3) is 0 Å². The topological polar surface area (TPSA) is 75.9 Å². The van der Waals surface area contributed by atoms with Crippen LogP contribution in [0, 0.1) is 11.6 Å². The minimum absolute atomic E-state index is 0.110. The molecule has 174 valence electrons. The summed E-state index contributed by atoms with van der Waals surface area (Å²) in [5.74, 6) is 0.279. The van der Waals surface area contributed by atoms with Gasteiger partial charge in [-0.3, -0.25) is 0 Å². The molecule has 2 aromatic carbocycles. The summed E-state index contributed by atoms with van der Waals surface area (Å²) in [6.45, 7) is 0. The molecular weight excluding hydrogens is 460 g/mol. The number of imidazole rings is 1. The number of aliphatic hydroxyl groups is 1. The fourth-order valence-electron chi connectivity index (χ4n) is 4.32. The molecule has 2 heterocycles. The molecule has 0 amide bonds. The molecule has 4 aromatic rings. The summed E-state index contributed by atoms with van der Waals surface area (Å²) in [6, 6.07) is 12.2. The maximum Gasteiger partial charge on any atom is 0.227 e. The van der Waals surface area contributed by atoms with Gasteiger partial charge in [-0.25, -0.2) is 23.7 Å². The Morgan fingerprint density at radius 2 is 1.68 bits per heavy atom. The third kappa shape index (κ3) is 4.64. The largest absolute Gasteiger partial charge is 0.393 e. The quantitative estimate of drug-likeness (QED) is 0.357. The summed E-state index contributed by atoms with van der Waals surface area (Å²) >= 11 is 6.14. The van der Waals surface area contributed by atoms with Crippen LogP contribution in [0.25, 0.3) is 22.8 Å². The van der Waals surface area contributed by atoms with Gasteiger partial charge in [-0.15, -0.1) is 0 Å². The number of nitrogens with one attached hydrogen (secondary N) is 1. The van der Waals surface area contributed by atoms with Crippen molar-refractivity contribution in [3.8, 4) is 22.8 Å². The van der Waals surface area contributed by atoms with Crippen LogP contribution in [0.1, 0.15) is 31.7 Å². The molecule has 0 radical (unpaired) electrons. The molecule has 1 aliphatic rings. The lowest BCUT2D eigenvalue weighted by atomic mass is 9.92. The van der Waals surface area contributed by atoms with Crippen LogP contribution in [-0.4, -0.2) is 30.7 Å². The summed E-state index contributed by atoms with van der Waals surface area (Å²) in [5.41, 5.74) is 2.71. The number of benzene rings is 2. The molecule has 5 rings (SSSR count). The first-order valence-electron chi connectivity index (χ1n) is 11.0. The van der Waals surface area contributed by atoms with Gasteiger partial charge in [0.2, 0.25) is 5.95 Å². The zero-order valence-corrected chi connectivity index (χ0v) is 18.9. The zero-order valence-electron chi connectivity index (χ0n) is 18.1. The van der Waals surface area contributed by atoms with Crippen molar-refractivity contribution in [3.05, 3.63) is 77.6 Å². The molecule has 1 saturated carbocycles. The van der Waals surface area contributed by atoms with Crippen molar-refractivity contribution < 1.29 is 13.9 Å². The van der Waals surface area contributed by atoms with Crippen molar-refractivity contribution in [1.82, 2.24) is 19.5 Å². The van der Waals surface area contributed by atoms with Crippen molar-refractivity contribution in [2.24, 2.45) is 0 Å². The van der Waals surface area contributed by atoms with Gasteiger partial charge in [-0.1, -0.05) is 11.6 Å². The van der Waals surface area contributed by atoms with Crippen LogP contribution >= 0.6 is 11.6 Å². The van der Waals surface area contributed by atoms with Gasteiger partial charge in [-0.05, 0) is 74.2 Å². The van der Waals surface area contributed by atoms with Crippen LogP contribution in [0.3, 0.4) is 0 Å². The molecule has 2 aromatic heterocycles. The number of halogens is 3. The molecular formula is C25H22ClF2N5O. The van der Waals surface area contributed by atoms with Crippen molar-refractivity contribution in [2.45, 2.75) is 37.8 Å². The first kappa shape index (κ1) is 22.4. The molecule has 34 heavy (non-hydrogen) atoms. The normalized spacial score (nSPS) is 18.1. The Balaban J connectivity index is 1.54. The van der Waals surface area contributed by atoms with E-state index in [0.29, 0.717) is 36.0 Å². The smallest absolute Gasteiger partial charge is 0.227 e. The van der Waals surface area contributed by atoms with E-state index < -0.39 is 5.82 Å². The van der Waals surface area contributed by atoms with Gasteiger partial charge in [0.05, 0.1) is 34.4 Å². The number of hydrogen-bond acceptors (Lipinski definition) is 5. The van der Waals surface area contributed by atoms with Gasteiger partial charge in [0.1, 0.15) is 17.5 Å². The number of anilines is 2. The fraction of sp³-hybridized carbons (Fsp3) is 0.240. The van der Waals surface area contributed by atoms with Crippen molar-refractivity contribution in [3.63, 3.8) is 0 Å². The highest BCUT2D eigenvalue weighted by molar-refractivity contribution is 6.33. The van der Waals surface area contributed by atoms with Crippen LogP contribution in [-0.2, 0) is 0 Å². The first-order chi connectivity index (χ1) is 16.5. The van der Waals surface area contributed by atoms with Crippen molar-refractivity contribution in [2.75, 3.05) is 5.32 Å². The van der Waals surface area contributed by atoms with E-state index in [2.05, 4.69) is 24.8 Å². The van der Waals surface area contributed by atoms with Crippen molar-refractivity contribution in [1.29, 1.82) is 0 Å². The van der Waals surface area contributed by atoms with Crippen LogP contribution < -0.4 is 5.32 Å². The van der Waals surface area contributed by atoms with Crippen LogP contribution in [0.5, 0.6) is 0 Å². The number of aliphatic hydroxyl groups excluding tert-OH is 1. The summed E-state index contributed by atoms with van der Waals surface area (Å²) in [7, 11) is 0. The molecule has 0 bridgehead atoms. The number of hydrogen-bond donors (Lipinski definition) is 2. The Kier molecular flexibility index (Phi) is 6.26. The molecule has 9 heteroatoms. The summed E-state index contributed by atoms with van der Waals surface area (Å²) in [4.78, 5) is 13.6. The van der Waals surface area contributed by atoms with Crippen LogP contribution in [0.2, 0.25) is 5.02 Å². The SMILES string of the molecule is OC1CCC(n2c(-c3ccnc(Nc4ccc(F)cc4Cl)n3)cnc2-c2ccc(F)cc2)CC1. The molecule has 0 spiro atoms.